The topological polar surface area (TPSA) is 39.2 Å². The molecule has 1 atom stereocenters. The van der Waals surface area contributed by atoms with Gasteiger partial charge in [0.2, 0.25) is 0 Å². The zero-order valence-corrected chi connectivity index (χ0v) is 9.61. The van der Waals surface area contributed by atoms with Crippen molar-refractivity contribution in [1.82, 2.24) is 4.98 Å². The third kappa shape index (κ3) is 2.28. The summed E-state index contributed by atoms with van der Waals surface area (Å²) < 4.78 is 17.2. The Kier molecular flexibility index (Phi) is 3.31. The summed E-state index contributed by atoms with van der Waals surface area (Å²) in [6, 6.07) is 12.6. The summed E-state index contributed by atoms with van der Waals surface area (Å²) in [4.78, 5) is 4.76. The van der Waals surface area contributed by atoms with Crippen LogP contribution in [0.25, 0.3) is 0 Å². The van der Waals surface area contributed by atoms with Crippen molar-refractivity contribution in [3.05, 3.63) is 48.7 Å². The molecule has 4 heteroatoms. The van der Waals surface area contributed by atoms with E-state index in [0.717, 1.165) is 0 Å². The highest BCUT2D eigenvalue weighted by Gasteiger charge is 2.08. The lowest BCUT2D eigenvalue weighted by Crippen LogP contribution is -1.95. The minimum atomic E-state index is -1.25. The van der Waals surface area contributed by atoms with Gasteiger partial charge in [0.25, 0.3) is 0 Å². The first-order chi connectivity index (χ1) is 7.81. The maximum absolute atomic E-state index is 12.1. The molecular formula is C12H11NO2S. The van der Waals surface area contributed by atoms with E-state index in [1.807, 2.05) is 18.2 Å². The highest BCUT2D eigenvalue weighted by molar-refractivity contribution is 7.85. The average molecular weight is 233 g/mol. The molecule has 0 saturated heterocycles. The van der Waals surface area contributed by atoms with Crippen molar-refractivity contribution in [3.63, 3.8) is 0 Å². The second-order valence-corrected chi connectivity index (χ2v) is 4.54. The van der Waals surface area contributed by atoms with Gasteiger partial charge < -0.3 is 4.74 Å². The van der Waals surface area contributed by atoms with E-state index in [0.29, 0.717) is 15.7 Å². The van der Waals surface area contributed by atoms with Gasteiger partial charge in [0.15, 0.2) is 0 Å². The largest absolute Gasteiger partial charge is 0.497 e. The minimum absolute atomic E-state index is 0.552. The zero-order valence-electron chi connectivity index (χ0n) is 8.79. The number of hydrogen-bond acceptors (Lipinski definition) is 3. The number of rotatable bonds is 3. The van der Waals surface area contributed by atoms with Gasteiger partial charge in [-0.25, -0.2) is 9.19 Å². The summed E-state index contributed by atoms with van der Waals surface area (Å²) in [5.74, 6) is 0.696. The van der Waals surface area contributed by atoms with Gasteiger partial charge in [0.05, 0.1) is 7.11 Å². The van der Waals surface area contributed by atoms with Gasteiger partial charge in [-0.1, -0.05) is 12.1 Å². The van der Waals surface area contributed by atoms with Crippen LogP contribution in [0.2, 0.25) is 0 Å². The van der Waals surface area contributed by atoms with Gasteiger partial charge in [0, 0.05) is 11.1 Å². The van der Waals surface area contributed by atoms with Crippen LogP contribution in [0.15, 0.2) is 58.6 Å². The molecular weight excluding hydrogens is 222 g/mol. The Labute approximate surface area is 96.6 Å². The second-order valence-electron chi connectivity index (χ2n) is 3.12. The first-order valence-electron chi connectivity index (χ1n) is 4.78. The average Bonchev–Trinajstić information content (AvgIpc) is 2.39. The van der Waals surface area contributed by atoms with Crippen molar-refractivity contribution in [2.24, 2.45) is 0 Å². The molecule has 2 rings (SSSR count). The lowest BCUT2D eigenvalue weighted by molar-refractivity contribution is 0.413. The molecule has 3 nitrogen and oxygen atoms in total. The van der Waals surface area contributed by atoms with Gasteiger partial charge in [-0.15, -0.1) is 0 Å². The van der Waals surface area contributed by atoms with Gasteiger partial charge in [-0.2, -0.15) is 0 Å². The van der Waals surface area contributed by atoms with Crippen LogP contribution in [0.3, 0.4) is 0 Å². The third-order valence-corrected chi connectivity index (χ3v) is 3.39. The minimum Gasteiger partial charge on any atom is -0.497 e. The summed E-state index contributed by atoms with van der Waals surface area (Å²) >= 11 is 0. The van der Waals surface area contributed by atoms with Crippen LogP contribution >= 0.6 is 0 Å². The molecule has 0 N–H and O–H groups in total. The summed E-state index contributed by atoms with van der Waals surface area (Å²) in [5.41, 5.74) is 0. The SMILES string of the molecule is COc1cccc(S(=O)c2ccccn2)c1. The Balaban J connectivity index is 2.34. The van der Waals surface area contributed by atoms with Crippen LogP contribution < -0.4 is 4.74 Å². The van der Waals surface area contributed by atoms with Gasteiger partial charge in [-0.05, 0) is 30.3 Å². The number of methoxy groups -OCH3 is 1. The first-order valence-corrected chi connectivity index (χ1v) is 5.93. The quantitative estimate of drug-likeness (QED) is 0.816. The molecule has 1 aromatic heterocycles. The molecule has 0 saturated carbocycles. The van der Waals surface area contributed by atoms with E-state index in [2.05, 4.69) is 4.98 Å². The molecule has 82 valence electrons. The number of aromatic nitrogens is 1. The molecule has 0 aliphatic rings. The van der Waals surface area contributed by atoms with E-state index >= 15 is 0 Å². The van der Waals surface area contributed by atoms with Crippen LogP contribution in [-0.4, -0.2) is 16.3 Å². The molecule has 0 radical (unpaired) electrons. The van der Waals surface area contributed by atoms with Crippen LogP contribution in [-0.2, 0) is 10.8 Å². The van der Waals surface area contributed by atoms with E-state index in [4.69, 9.17) is 4.74 Å². The van der Waals surface area contributed by atoms with E-state index in [1.165, 1.54) is 0 Å². The van der Waals surface area contributed by atoms with E-state index < -0.39 is 10.8 Å². The maximum Gasteiger partial charge on any atom is 0.132 e. The van der Waals surface area contributed by atoms with Crippen molar-refractivity contribution in [2.75, 3.05) is 7.11 Å². The monoisotopic (exact) mass is 233 g/mol. The molecule has 0 bridgehead atoms. The Morgan fingerprint density at radius 2 is 2.06 bits per heavy atom. The fourth-order valence-corrected chi connectivity index (χ4v) is 2.32. The van der Waals surface area contributed by atoms with Crippen molar-refractivity contribution in [1.29, 1.82) is 0 Å². The highest BCUT2D eigenvalue weighted by atomic mass is 32.2. The van der Waals surface area contributed by atoms with Crippen LogP contribution in [0.5, 0.6) is 5.75 Å². The highest BCUT2D eigenvalue weighted by Crippen LogP contribution is 2.19. The molecule has 0 fully saturated rings. The predicted molar refractivity (Wildman–Crippen MR) is 61.9 cm³/mol. The lowest BCUT2D eigenvalue weighted by Gasteiger charge is -2.03. The van der Waals surface area contributed by atoms with Crippen LogP contribution in [0.1, 0.15) is 0 Å². The fourth-order valence-electron chi connectivity index (χ4n) is 1.29. The third-order valence-electron chi connectivity index (χ3n) is 2.08. The second kappa shape index (κ2) is 4.90. The molecule has 2 aromatic rings. The van der Waals surface area contributed by atoms with E-state index in [9.17, 15) is 4.21 Å². The normalized spacial score (nSPS) is 12.1. The van der Waals surface area contributed by atoms with Crippen molar-refractivity contribution >= 4 is 10.8 Å². The Morgan fingerprint density at radius 3 is 2.75 bits per heavy atom. The molecule has 0 amide bonds. The Morgan fingerprint density at radius 1 is 1.19 bits per heavy atom. The molecule has 0 aliphatic carbocycles. The molecule has 0 aliphatic heterocycles. The number of ether oxygens (including phenoxy) is 1. The van der Waals surface area contributed by atoms with Gasteiger partial charge in [-0.3, -0.25) is 0 Å². The molecule has 0 spiro atoms. The zero-order chi connectivity index (χ0) is 11.4. The number of hydrogen-bond donors (Lipinski definition) is 0. The summed E-state index contributed by atoms with van der Waals surface area (Å²) in [5, 5.41) is 0.552. The number of pyridine rings is 1. The summed E-state index contributed by atoms with van der Waals surface area (Å²) in [7, 11) is 0.336. The number of nitrogens with zero attached hydrogens (tertiary/aromatic N) is 1. The van der Waals surface area contributed by atoms with Crippen LogP contribution in [0, 0.1) is 0 Å². The smallest absolute Gasteiger partial charge is 0.132 e. The Bertz CT molecular complexity index is 499. The van der Waals surface area contributed by atoms with Crippen LogP contribution in [0.4, 0.5) is 0 Å². The van der Waals surface area contributed by atoms with Gasteiger partial charge >= 0.3 is 0 Å². The van der Waals surface area contributed by atoms with Crippen molar-refractivity contribution < 1.29 is 8.95 Å². The van der Waals surface area contributed by atoms with Crippen molar-refractivity contribution in [2.45, 2.75) is 9.92 Å². The maximum atomic E-state index is 12.1. The summed E-state index contributed by atoms with van der Waals surface area (Å²) in [6.07, 6.45) is 1.63. The van der Waals surface area contributed by atoms with E-state index in [-0.39, 0.29) is 0 Å². The van der Waals surface area contributed by atoms with E-state index in [1.54, 1.807) is 37.6 Å². The van der Waals surface area contributed by atoms with Crippen molar-refractivity contribution in [3.8, 4) is 5.75 Å². The fraction of sp³-hybridized carbons (Fsp3) is 0.0833. The molecule has 16 heavy (non-hydrogen) atoms. The summed E-state index contributed by atoms with van der Waals surface area (Å²) in [6.45, 7) is 0. The number of benzene rings is 1. The molecule has 1 unspecified atom stereocenters. The standard InChI is InChI=1S/C12H11NO2S/c1-15-10-5-4-6-11(9-10)16(14)12-7-2-3-8-13-12/h2-9H,1H3. The van der Waals surface area contributed by atoms with Gasteiger partial charge in [0.1, 0.15) is 21.6 Å². The lowest BCUT2D eigenvalue weighted by atomic mass is 10.3. The molecule has 1 aromatic carbocycles. The predicted octanol–water partition coefficient (Wildman–Crippen LogP) is 2.26. The molecule has 1 heterocycles. The first kappa shape index (κ1) is 10.8. The Hall–Kier alpha value is -1.68.